The molecule has 1 rings (SSSR count). The van der Waals surface area contributed by atoms with Gasteiger partial charge in [-0.25, -0.2) is 0 Å². The molecule has 1 heterocycles. The molecule has 1 aromatic rings. The minimum atomic E-state index is 0.349. The van der Waals surface area contributed by atoms with Crippen LogP contribution in [0.1, 0.15) is 64.8 Å². The van der Waals surface area contributed by atoms with E-state index in [1.54, 1.807) is 0 Å². The average Bonchev–Trinajstić information content (AvgIpc) is 2.86. The quantitative estimate of drug-likeness (QED) is 0.511. The van der Waals surface area contributed by atoms with Gasteiger partial charge in [0.2, 0.25) is 0 Å². The molecule has 1 unspecified atom stereocenters. The van der Waals surface area contributed by atoms with E-state index in [1.807, 2.05) is 0 Å². The van der Waals surface area contributed by atoms with Gasteiger partial charge in [0, 0.05) is 24.7 Å². The Bertz CT molecular complexity index is 367. The molecule has 0 amide bonds. The van der Waals surface area contributed by atoms with Gasteiger partial charge in [-0.05, 0) is 38.2 Å². The van der Waals surface area contributed by atoms with Crippen LogP contribution >= 0.6 is 0 Å². The van der Waals surface area contributed by atoms with Crippen LogP contribution < -0.4 is 11.3 Å². The topological polar surface area (TPSA) is 55.9 Å². The van der Waals surface area contributed by atoms with Crippen LogP contribution in [0.15, 0.2) is 6.07 Å². The summed E-state index contributed by atoms with van der Waals surface area (Å²) in [6.07, 6.45) is 6.88. The Labute approximate surface area is 124 Å². The van der Waals surface area contributed by atoms with E-state index < -0.39 is 0 Å². The highest BCUT2D eigenvalue weighted by molar-refractivity contribution is 5.12. The van der Waals surface area contributed by atoms with Gasteiger partial charge in [-0.15, -0.1) is 0 Å². The van der Waals surface area contributed by atoms with Gasteiger partial charge in [-0.2, -0.15) is 5.10 Å². The Morgan fingerprint density at radius 2 is 1.85 bits per heavy atom. The van der Waals surface area contributed by atoms with Gasteiger partial charge in [0.15, 0.2) is 0 Å². The Kier molecular flexibility index (Phi) is 7.85. The minimum Gasteiger partial charge on any atom is -0.271 e. The van der Waals surface area contributed by atoms with E-state index in [0.29, 0.717) is 12.0 Å². The van der Waals surface area contributed by atoms with Crippen molar-refractivity contribution in [1.29, 1.82) is 0 Å². The summed E-state index contributed by atoms with van der Waals surface area (Å²) in [5, 5.41) is 4.63. The predicted octanol–water partition coefficient (Wildman–Crippen LogP) is 3.06. The fraction of sp³-hybridized carbons (Fsp3) is 0.812. The second-order valence-corrected chi connectivity index (χ2v) is 5.61. The number of rotatable bonds is 10. The van der Waals surface area contributed by atoms with Crippen LogP contribution in [0.4, 0.5) is 0 Å². The summed E-state index contributed by atoms with van der Waals surface area (Å²) in [4.78, 5) is 0. The van der Waals surface area contributed by atoms with Gasteiger partial charge in [-0.1, -0.05) is 33.6 Å². The molecule has 0 saturated heterocycles. The van der Waals surface area contributed by atoms with Crippen molar-refractivity contribution in [3.8, 4) is 0 Å². The van der Waals surface area contributed by atoms with E-state index in [9.17, 15) is 0 Å². The van der Waals surface area contributed by atoms with Gasteiger partial charge in [0.25, 0.3) is 0 Å². The molecule has 0 aromatic carbocycles. The molecule has 0 radical (unpaired) electrons. The standard InChI is InChI=1S/C16H32N4/c1-5-9-13(10-6-2)16(18-17)12-15-11-14(7-3)19-20(15)8-4/h11,13,16,18H,5-10,12,17H2,1-4H3. The summed E-state index contributed by atoms with van der Waals surface area (Å²) >= 11 is 0. The number of aryl methyl sites for hydroxylation is 2. The summed E-state index contributed by atoms with van der Waals surface area (Å²) in [6, 6.07) is 2.59. The Morgan fingerprint density at radius 1 is 1.20 bits per heavy atom. The van der Waals surface area contributed by atoms with E-state index in [4.69, 9.17) is 5.84 Å². The monoisotopic (exact) mass is 280 g/mol. The first kappa shape index (κ1) is 17.2. The molecule has 0 saturated carbocycles. The molecular weight excluding hydrogens is 248 g/mol. The number of hydrazine groups is 1. The molecule has 1 aromatic heterocycles. The molecule has 0 spiro atoms. The van der Waals surface area contributed by atoms with E-state index in [0.717, 1.165) is 19.4 Å². The van der Waals surface area contributed by atoms with Crippen LogP contribution in [-0.4, -0.2) is 15.8 Å². The van der Waals surface area contributed by atoms with E-state index >= 15 is 0 Å². The highest BCUT2D eigenvalue weighted by atomic mass is 15.3. The summed E-state index contributed by atoms with van der Waals surface area (Å²) in [5.41, 5.74) is 5.55. The normalized spacial score (nSPS) is 13.1. The van der Waals surface area contributed by atoms with Crippen molar-refractivity contribution >= 4 is 0 Å². The largest absolute Gasteiger partial charge is 0.271 e. The van der Waals surface area contributed by atoms with E-state index in [1.165, 1.54) is 37.1 Å². The number of aromatic nitrogens is 2. The summed E-state index contributed by atoms with van der Waals surface area (Å²) in [5.74, 6) is 6.49. The van der Waals surface area contributed by atoms with Crippen LogP contribution in [-0.2, 0) is 19.4 Å². The number of nitrogens with zero attached hydrogens (tertiary/aromatic N) is 2. The summed E-state index contributed by atoms with van der Waals surface area (Å²) < 4.78 is 2.12. The molecule has 4 nitrogen and oxygen atoms in total. The molecule has 1 atom stereocenters. The predicted molar refractivity (Wildman–Crippen MR) is 85.4 cm³/mol. The molecule has 0 aliphatic carbocycles. The van der Waals surface area contributed by atoms with E-state index in [2.05, 4.69) is 49.0 Å². The lowest BCUT2D eigenvalue weighted by Crippen LogP contribution is -2.43. The SMILES string of the molecule is CCCC(CCC)C(Cc1cc(CC)nn1CC)NN. The van der Waals surface area contributed by atoms with Crippen LogP contribution in [0.3, 0.4) is 0 Å². The maximum atomic E-state index is 5.83. The molecule has 4 heteroatoms. The third-order valence-corrected chi connectivity index (χ3v) is 4.11. The van der Waals surface area contributed by atoms with Crippen molar-refractivity contribution in [1.82, 2.24) is 15.2 Å². The Hall–Kier alpha value is -0.870. The minimum absolute atomic E-state index is 0.349. The zero-order chi connectivity index (χ0) is 15.0. The van der Waals surface area contributed by atoms with Crippen molar-refractivity contribution in [3.63, 3.8) is 0 Å². The molecular formula is C16H32N4. The number of hydrogen-bond donors (Lipinski definition) is 2. The molecule has 0 aliphatic rings. The maximum Gasteiger partial charge on any atom is 0.0624 e. The average molecular weight is 280 g/mol. The molecule has 3 N–H and O–H groups in total. The second-order valence-electron chi connectivity index (χ2n) is 5.61. The van der Waals surface area contributed by atoms with Gasteiger partial charge in [0.1, 0.15) is 0 Å². The van der Waals surface area contributed by atoms with Crippen molar-refractivity contribution < 1.29 is 0 Å². The van der Waals surface area contributed by atoms with Crippen molar-refractivity contribution in [2.24, 2.45) is 11.8 Å². The third kappa shape index (κ3) is 4.60. The lowest BCUT2D eigenvalue weighted by molar-refractivity contribution is 0.306. The highest BCUT2D eigenvalue weighted by Gasteiger charge is 2.21. The number of hydrogen-bond acceptors (Lipinski definition) is 3. The lowest BCUT2D eigenvalue weighted by atomic mass is 9.88. The first-order chi connectivity index (χ1) is 9.69. The van der Waals surface area contributed by atoms with Gasteiger partial charge in [-0.3, -0.25) is 16.0 Å². The molecule has 20 heavy (non-hydrogen) atoms. The lowest BCUT2D eigenvalue weighted by Gasteiger charge is -2.26. The summed E-state index contributed by atoms with van der Waals surface area (Å²) in [6.45, 7) is 9.74. The first-order valence-electron chi connectivity index (χ1n) is 8.21. The smallest absolute Gasteiger partial charge is 0.0624 e. The fourth-order valence-corrected chi connectivity index (χ4v) is 3.00. The van der Waals surface area contributed by atoms with Crippen LogP contribution in [0.25, 0.3) is 0 Å². The number of nitrogens with one attached hydrogen (secondary N) is 1. The fourth-order valence-electron chi connectivity index (χ4n) is 3.00. The van der Waals surface area contributed by atoms with Crippen LogP contribution in [0.2, 0.25) is 0 Å². The van der Waals surface area contributed by atoms with Crippen LogP contribution in [0, 0.1) is 5.92 Å². The van der Waals surface area contributed by atoms with Crippen molar-refractivity contribution in [2.45, 2.75) is 78.8 Å². The van der Waals surface area contributed by atoms with E-state index in [-0.39, 0.29) is 0 Å². The summed E-state index contributed by atoms with van der Waals surface area (Å²) in [7, 11) is 0. The maximum absolute atomic E-state index is 5.83. The van der Waals surface area contributed by atoms with Crippen molar-refractivity contribution in [3.05, 3.63) is 17.5 Å². The Morgan fingerprint density at radius 3 is 2.30 bits per heavy atom. The Balaban J connectivity index is 2.82. The zero-order valence-corrected chi connectivity index (χ0v) is 13.7. The van der Waals surface area contributed by atoms with Gasteiger partial charge < -0.3 is 0 Å². The molecule has 0 bridgehead atoms. The molecule has 0 aliphatic heterocycles. The molecule has 0 fully saturated rings. The second kappa shape index (κ2) is 9.14. The van der Waals surface area contributed by atoms with Crippen LogP contribution in [0.5, 0.6) is 0 Å². The first-order valence-corrected chi connectivity index (χ1v) is 8.21. The zero-order valence-electron chi connectivity index (χ0n) is 13.7. The van der Waals surface area contributed by atoms with Gasteiger partial charge in [0.05, 0.1) is 5.69 Å². The van der Waals surface area contributed by atoms with Gasteiger partial charge >= 0.3 is 0 Å². The molecule has 116 valence electrons. The number of nitrogens with two attached hydrogens (primary N) is 1. The third-order valence-electron chi connectivity index (χ3n) is 4.11. The van der Waals surface area contributed by atoms with Crippen molar-refractivity contribution in [2.75, 3.05) is 0 Å². The highest BCUT2D eigenvalue weighted by Crippen LogP contribution is 2.21.